The molecular weight excluding hydrogens is 374 g/mol. The molecule has 0 aliphatic heterocycles. The van der Waals surface area contributed by atoms with E-state index in [9.17, 15) is 13.2 Å². The minimum absolute atomic E-state index is 0.186. The van der Waals surface area contributed by atoms with Crippen molar-refractivity contribution in [3.05, 3.63) is 78.1 Å². The summed E-state index contributed by atoms with van der Waals surface area (Å²) in [5.74, 6) is -0.203. The van der Waals surface area contributed by atoms with Gasteiger partial charge in [-0.15, -0.1) is 0 Å². The summed E-state index contributed by atoms with van der Waals surface area (Å²) in [5, 5.41) is 2.78. The van der Waals surface area contributed by atoms with Gasteiger partial charge >= 0.3 is 0 Å². The molecule has 146 valence electrons. The summed E-state index contributed by atoms with van der Waals surface area (Å²) >= 11 is 0. The summed E-state index contributed by atoms with van der Waals surface area (Å²) in [6, 6.07) is 16.5. The number of hydrogen-bond donors (Lipinski definition) is 1. The van der Waals surface area contributed by atoms with Gasteiger partial charge in [-0.1, -0.05) is 18.2 Å². The molecule has 0 spiro atoms. The van der Waals surface area contributed by atoms with Gasteiger partial charge < -0.3 is 9.88 Å². The van der Waals surface area contributed by atoms with Gasteiger partial charge in [0.05, 0.1) is 11.3 Å². The van der Waals surface area contributed by atoms with E-state index in [0.717, 1.165) is 15.6 Å². The van der Waals surface area contributed by atoms with Gasteiger partial charge in [0, 0.05) is 37.9 Å². The molecule has 28 heavy (non-hydrogen) atoms. The van der Waals surface area contributed by atoms with E-state index < -0.39 is 10.0 Å². The number of rotatable bonds is 6. The van der Waals surface area contributed by atoms with E-state index in [2.05, 4.69) is 5.32 Å². The van der Waals surface area contributed by atoms with Crippen molar-refractivity contribution in [1.29, 1.82) is 0 Å². The highest BCUT2D eigenvalue weighted by Gasteiger charge is 2.20. The molecule has 1 N–H and O–H groups in total. The summed E-state index contributed by atoms with van der Waals surface area (Å²) in [6.45, 7) is 1.73. The Morgan fingerprint density at radius 1 is 1.04 bits per heavy atom. The Kier molecular flexibility index (Phi) is 5.67. The first-order valence-corrected chi connectivity index (χ1v) is 10.3. The van der Waals surface area contributed by atoms with Gasteiger partial charge in [0.25, 0.3) is 0 Å². The Labute approximate surface area is 165 Å². The molecule has 0 aliphatic carbocycles. The Morgan fingerprint density at radius 2 is 1.68 bits per heavy atom. The lowest BCUT2D eigenvalue weighted by Gasteiger charge is -2.15. The first-order chi connectivity index (χ1) is 13.3. The molecular formula is C21H23N3O3S. The molecule has 1 amide bonds. The first kappa shape index (κ1) is 19.9. The number of aromatic nitrogens is 1. The van der Waals surface area contributed by atoms with Gasteiger partial charge in [0.2, 0.25) is 15.9 Å². The second-order valence-corrected chi connectivity index (χ2v) is 8.87. The second kappa shape index (κ2) is 8.00. The van der Waals surface area contributed by atoms with Crippen LogP contribution in [0.5, 0.6) is 0 Å². The van der Waals surface area contributed by atoms with Crippen molar-refractivity contribution in [2.45, 2.75) is 18.2 Å². The molecule has 0 saturated heterocycles. The van der Waals surface area contributed by atoms with Crippen LogP contribution >= 0.6 is 0 Å². The van der Waals surface area contributed by atoms with Crippen LogP contribution in [0.4, 0.5) is 5.69 Å². The molecule has 3 aromatic rings. The quantitative estimate of drug-likeness (QED) is 0.694. The van der Waals surface area contributed by atoms with Gasteiger partial charge in [0.15, 0.2) is 0 Å². The van der Waals surface area contributed by atoms with Crippen molar-refractivity contribution in [2.24, 2.45) is 0 Å². The average molecular weight is 398 g/mol. The van der Waals surface area contributed by atoms with E-state index in [1.54, 1.807) is 19.1 Å². The number of carbonyl (C=O) groups is 1. The third-order valence-electron chi connectivity index (χ3n) is 4.43. The fourth-order valence-corrected chi connectivity index (χ4v) is 3.98. The molecule has 1 aromatic heterocycles. The van der Waals surface area contributed by atoms with Crippen LogP contribution in [0, 0.1) is 6.92 Å². The molecule has 0 radical (unpaired) electrons. The predicted molar refractivity (Wildman–Crippen MR) is 110 cm³/mol. The third-order valence-corrected chi connectivity index (χ3v) is 6.39. The van der Waals surface area contributed by atoms with Crippen molar-refractivity contribution in [3.8, 4) is 5.69 Å². The van der Waals surface area contributed by atoms with Crippen molar-refractivity contribution in [2.75, 3.05) is 19.4 Å². The van der Waals surface area contributed by atoms with E-state index in [1.165, 1.54) is 20.2 Å². The van der Waals surface area contributed by atoms with Crippen molar-refractivity contribution in [1.82, 2.24) is 8.87 Å². The number of carbonyl (C=O) groups excluding carboxylic acids is 1. The monoisotopic (exact) mass is 397 g/mol. The Balaban J connectivity index is 1.71. The predicted octanol–water partition coefficient (Wildman–Crippen LogP) is 3.22. The minimum atomic E-state index is -3.57. The topological polar surface area (TPSA) is 71.4 Å². The zero-order valence-electron chi connectivity index (χ0n) is 16.1. The number of aryl methyl sites for hydroxylation is 1. The normalized spacial score (nSPS) is 11.6. The summed E-state index contributed by atoms with van der Waals surface area (Å²) < 4.78 is 28.0. The zero-order valence-corrected chi connectivity index (χ0v) is 16.9. The Hall–Kier alpha value is -2.90. The van der Waals surface area contributed by atoms with Gasteiger partial charge in [-0.3, -0.25) is 4.79 Å². The standard InChI is InChI=1S/C21H23N3O3S/c1-16-6-9-18(15-20(16)28(26,27)23(2)3)22-21(25)14-17-7-10-19(11-8-17)24-12-4-5-13-24/h4-13,15H,14H2,1-3H3,(H,22,25). The van der Waals surface area contributed by atoms with E-state index in [4.69, 9.17) is 0 Å². The SMILES string of the molecule is Cc1ccc(NC(=O)Cc2ccc(-n3cccc3)cc2)cc1S(=O)(=O)N(C)C. The molecule has 0 atom stereocenters. The van der Waals surface area contributed by atoms with Crippen LogP contribution in [0.3, 0.4) is 0 Å². The van der Waals surface area contributed by atoms with E-state index in [1.807, 2.05) is 53.4 Å². The van der Waals surface area contributed by atoms with Crippen LogP contribution in [-0.4, -0.2) is 37.3 Å². The summed E-state index contributed by atoms with van der Waals surface area (Å²) in [6.07, 6.45) is 4.12. The van der Waals surface area contributed by atoms with Crippen LogP contribution in [-0.2, 0) is 21.2 Å². The summed E-state index contributed by atoms with van der Waals surface area (Å²) in [7, 11) is -0.604. The van der Waals surface area contributed by atoms with E-state index in [-0.39, 0.29) is 17.2 Å². The van der Waals surface area contributed by atoms with Crippen LogP contribution in [0.15, 0.2) is 71.9 Å². The lowest BCUT2D eigenvalue weighted by atomic mass is 10.1. The smallest absolute Gasteiger partial charge is 0.242 e. The highest BCUT2D eigenvalue weighted by molar-refractivity contribution is 7.89. The van der Waals surface area contributed by atoms with Gasteiger partial charge in [-0.2, -0.15) is 0 Å². The fraction of sp³-hybridized carbons (Fsp3) is 0.190. The second-order valence-electron chi connectivity index (χ2n) is 6.75. The number of benzene rings is 2. The van der Waals surface area contributed by atoms with Crippen LogP contribution in [0.2, 0.25) is 0 Å². The summed E-state index contributed by atoms with van der Waals surface area (Å²) in [5.41, 5.74) is 2.99. The number of amides is 1. The molecule has 0 saturated carbocycles. The van der Waals surface area contributed by atoms with Crippen LogP contribution in [0.1, 0.15) is 11.1 Å². The number of hydrogen-bond acceptors (Lipinski definition) is 3. The molecule has 0 aliphatic rings. The maximum absolute atomic E-state index is 12.4. The van der Waals surface area contributed by atoms with Gasteiger partial charge in [-0.05, 0) is 54.4 Å². The molecule has 0 fully saturated rings. The highest BCUT2D eigenvalue weighted by Crippen LogP contribution is 2.22. The van der Waals surface area contributed by atoms with E-state index in [0.29, 0.717) is 11.3 Å². The van der Waals surface area contributed by atoms with Gasteiger partial charge in [0.1, 0.15) is 0 Å². The molecule has 7 heteroatoms. The molecule has 0 bridgehead atoms. The maximum atomic E-state index is 12.4. The number of anilines is 1. The molecule has 0 unspecified atom stereocenters. The zero-order chi connectivity index (χ0) is 20.3. The minimum Gasteiger partial charge on any atom is -0.326 e. The average Bonchev–Trinajstić information content (AvgIpc) is 3.18. The third kappa shape index (κ3) is 4.32. The van der Waals surface area contributed by atoms with Gasteiger partial charge in [-0.25, -0.2) is 12.7 Å². The molecule has 2 aromatic carbocycles. The Bertz CT molecular complexity index is 1070. The van der Waals surface area contributed by atoms with Crippen LogP contribution in [0.25, 0.3) is 5.69 Å². The number of nitrogens with one attached hydrogen (secondary N) is 1. The molecule has 1 heterocycles. The summed E-state index contributed by atoms with van der Waals surface area (Å²) in [4.78, 5) is 12.6. The number of sulfonamides is 1. The number of nitrogens with zero attached hydrogens (tertiary/aromatic N) is 2. The van der Waals surface area contributed by atoms with E-state index >= 15 is 0 Å². The van der Waals surface area contributed by atoms with Crippen LogP contribution < -0.4 is 5.32 Å². The molecule has 6 nitrogen and oxygen atoms in total. The Morgan fingerprint density at radius 3 is 2.29 bits per heavy atom. The lowest BCUT2D eigenvalue weighted by Crippen LogP contribution is -2.23. The fourth-order valence-electron chi connectivity index (χ4n) is 2.84. The van der Waals surface area contributed by atoms with Crippen molar-refractivity contribution < 1.29 is 13.2 Å². The van der Waals surface area contributed by atoms with Crippen molar-refractivity contribution in [3.63, 3.8) is 0 Å². The highest BCUT2D eigenvalue weighted by atomic mass is 32.2. The van der Waals surface area contributed by atoms with Crippen molar-refractivity contribution >= 4 is 21.6 Å². The lowest BCUT2D eigenvalue weighted by molar-refractivity contribution is -0.115. The maximum Gasteiger partial charge on any atom is 0.242 e. The largest absolute Gasteiger partial charge is 0.326 e. The first-order valence-electron chi connectivity index (χ1n) is 8.83. The molecule has 3 rings (SSSR count).